The normalized spacial score (nSPS) is 17.4. The monoisotopic (exact) mass is 357 g/mol. The van der Waals surface area contributed by atoms with Gasteiger partial charge in [-0.05, 0) is 24.3 Å². The lowest BCUT2D eigenvalue weighted by atomic mass is 10.0. The molecule has 1 unspecified atom stereocenters. The van der Waals surface area contributed by atoms with Crippen LogP contribution in [0.2, 0.25) is 5.02 Å². The van der Waals surface area contributed by atoms with Crippen LogP contribution < -0.4 is 0 Å². The molecule has 0 spiro atoms. The highest BCUT2D eigenvalue weighted by atomic mass is 35.5. The van der Waals surface area contributed by atoms with Crippen molar-refractivity contribution in [2.75, 3.05) is 0 Å². The number of rotatable bonds is 4. The Morgan fingerprint density at radius 1 is 1.36 bits per heavy atom. The summed E-state index contributed by atoms with van der Waals surface area (Å²) in [6, 6.07) is 10.6. The summed E-state index contributed by atoms with van der Waals surface area (Å²) in [7, 11) is 0. The number of carboxylic acid groups (broad SMARTS) is 1. The molecular weight excluding hydrogens is 342 g/mol. The highest BCUT2D eigenvalue weighted by molar-refractivity contribution is 6.33. The number of furan rings is 1. The van der Waals surface area contributed by atoms with Gasteiger partial charge in [0.25, 0.3) is 0 Å². The zero-order chi connectivity index (χ0) is 17.4. The second-order valence-corrected chi connectivity index (χ2v) is 6.44. The van der Waals surface area contributed by atoms with Crippen molar-refractivity contribution in [2.45, 2.75) is 25.6 Å². The zero-order valence-electron chi connectivity index (χ0n) is 13.3. The fraction of sp³-hybridized carbons (Fsp3) is 0.222. The molecule has 1 aromatic carbocycles. The minimum atomic E-state index is -0.855. The third-order valence-electron chi connectivity index (χ3n) is 4.44. The molecule has 3 aromatic rings. The summed E-state index contributed by atoms with van der Waals surface area (Å²) in [5.74, 6) is 0.516. The zero-order valence-corrected chi connectivity index (χ0v) is 14.0. The first-order valence-electron chi connectivity index (χ1n) is 7.93. The van der Waals surface area contributed by atoms with Crippen LogP contribution in [0.5, 0.6) is 0 Å². The Kier molecular flexibility index (Phi) is 4.07. The molecule has 0 saturated heterocycles. The van der Waals surface area contributed by atoms with E-state index in [1.807, 2.05) is 41.3 Å². The molecule has 25 heavy (non-hydrogen) atoms. The molecular formula is C18H16ClN3O3. The molecule has 0 saturated carbocycles. The number of hydrogen-bond donors (Lipinski definition) is 2. The number of carbonyl (C=O) groups is 1. The number of aromatic amines is 1. The molecule has 1 aliphatic heterocycles. The molecule has 4 rings (SSSR count). The van der Waals surface area contributed by atoms with Crippen LogP contribution in [0.25, 0.3) is 11.3 Å². The highest BCUT2D eigenvalue weighted by Gasteiger charge is 2.33. The van der Waals surface area contributed by atoms with Gasteiger partial charge in [-0.2, -0.15) is 0 Å². The van der Waals surface area contributed by atoms with Crippen molar-refractivity contribution in [3.63, 3.8) is 0 Å². The third kappa shape index (κ3) is 3.06. The van der Waals surface area contributed by atoms with E-state index in [1.165, 1.54) is 0 Å². The van der Waals surface area contributed by atoms with Crippen LogP contribution in [0.1, 0.15) is 17.1 Å². The summed E-state index contributed by atoms with van der Waals surface area (Å²) >= 11 is 6.21. The van der Waals surface area contributed by atoms with E-state index in [1.54, 1.807) is 6.33 Å². The van der Waals surface area contributed by atoms with Gasteiger partial charge in [-0.1, -0.05) is 23.7 Å². The van der Waals surface area contributed by atoms with E-state index < -0.39 is 12.0 Å². The fourth-order valence-corrected chi connectivity index (χ4v) is 3.39. The molecule has 1 aliphatic rings. The number of aromatic nitrogens is 2. The predicted molar refractivity (Wildman–Crippen MR) is 92.1 cm³/mol. The van der Waals surface area contributed by atoms with Gasteiger partial charge in [0.05, 0.1) is 29.3 Å². The van der Waals surface area contributed by atoms with E-state index in [9.17, 15) is 9.90 Å². The summed E-state index contributed by atoms with van der Waals surface area (Å²) in [6.45, 7) is 0.897. The molecule has 0 bridgehead atoms. The number of nitrogens with zero attached hydrogens (tertiary/aromatic N) is 2. The van der Waals surface area contributed by atoms with Gasteiger partial charge >= 0.3 is 5.97 Å². The maximum Gasteiger partial charge on any atom is 0.321 e. The molecule has 0 radical (unpaired) electrons. The second-order valence-electron chi connectivity index (χ2n) is 6.04. The number of carboxylic acids is 1. The van der Waals surface area contributed by atoms with Crippen LogP contribution in [0.15, 0.2) is 47.1 Å². The molecule has 0 amide bonds. The minimum Gasteiger partial charge on any atom is -0.480 e. The molecule has 2 N–H and O–H groups in total. The van der Waals surface area contributed by atoms with Gasteiger partial charge in [-0.25, -0.2) is 4.98 Å². The number of hydrogen-bond acceptors (Lipinski definition) is 4. The Labute approximate surface area is 149 Å². The Morgan fingerprint density at radius 3 is 3.00 bits per heavy atom. The van der Waals surface area contributed by atoms with Crippen LogP contribution in [0.3, 0.4) is 0 Å². The fourth-order valence-electron chi connectivity index (χ4n) is 3.17. The van der Waals surface area contributed by atoms with Gasteiger partial charge in [0.15, 0.2) is 0 Å². The first-order chi connectivity index (χ1) is 12.1. The molecule has 0 fully saturated rings. The van der Waals surface area contributed by atoms with Crippen LogP contribution in [-0.2, 0) is 24.3 Å². The summed E-state index contributed by atoms with van der Waals surface area (Å²) < 4.78 is 5.91. The summed E-state index contributed by atoms with van der Waals surface area (Å²) in [6.07, 6.45) is 1.99. The standard InChI is InChI=1S/C18H16ClN3O3/c19-13-4-2-1-3-12(13)17-6-5-11(25-17)8-22-9-15-14(20-10-21-15)7-16(22)18(23)24/h1-6,10,16H,7-9H2,(H,20,21)(H,23,24). The van der Waals surface area contributed by atoms with Gasteiger partial charge in [0, 0.05) is 18.5 Å². The summed E-state index contributed by atoms with van der Waals surface area (Å²) in [5.41, 5.74) is 2.59. The predicted octanol–water partition coefficient (Wildman–Crippen LogP) is 3.33. The average molecular weight is 358 g/mol. The lowest BCUT2D eigenvalue weighted by Crippen LogP contribution is -2.45. The average Bonchev–Trinajstić information content (AvgIpc) is 3.23. The van der Waals surface area contributed by atoms with Crippen LogP contribution >= 0.6 is 11.6 Å². The minimum absolute atomic E-state index is 0.381. The van der Waals surface area contributed by atoms with Crippen molar-refractivity contribution >= 4 is 17.6 Å². The Hall–Kier alpha value is -2.57. The molecule has 0 aliphatic carbocycles. The number of halogens is 1. The van der Waals surface area contributed by atoms with E-state index in [-0.39, 0.29) is 0 Å². The lowest BCUT2D eigenvalue weighted by Gasteiger charge is -2.31. The number of H-pyrrole nitrogens is 1. The van der Waals surface area contributed by atoms with Crippen molar-refractivity contribution in [1.82, 2.24) is 14.9 Å². The number of aliphatic carboxylic acids is 1. The van der Waals surface area contributed by atoms with Gasteiger partial charge in [-0.15, -0.1) is 0 Å². The van der Waals surface area contributed by atoms with Crippen LogP contribution in [0.4, 0.5) is 0 Å². The molecule has 2 aromatic heterocycles. The quantitative estimate of drug-likeness (QED) is 0.748. The topological polar surface area (TPSA) is 82.4 Å². The van der Waals surface area contributed by atoms with E-state index in [0.29, 0.717) is 36.1 Å². The van der Waals surface area contributed by atoms with Crippen LogP contribution in [-0.4, -0.2) is 32.0 Å². The molecule has 1 atom stereocenters. The number of benzene rings is 1. The Morgan fingerprint density at radius 2 is 2.20 bits per heavy atom. The van der Waals surface area contributed by atoms with E-state index >= 15 is 0 Å². The van der Waals surface area contributed by atoms with Gasteiger partial charge in [0.2, 0.25) is 0 Å². The summed E-state index contributed by atoms with van der Waals surface area (Å²) in [5, 5.41) is 10.2. The highest BCUT2D eigenvalue weighted by Crippen LogP contribution is 2.30. The van der Waals surface area contributed by atoms with E-state index in [4.69, 9.17) is 16.0 Å². The van der Waals surface area contributed by atoms with Crippen LogP contribution in [0, 0.1) is 0 Å². The first kappa shape index (κ1) is 15.9. The summed E-state index contributed by atoms with van der Waals surface area (Å²) in [4.78, 5) is 20.8. The first-order valence-corrected chi connectivity index (χ1v) is 8.31. The third-order valence-corrected chi connectivity index (χ3v) is 4.77. The Bertz CT molecular complexity index is 918. The van der Waals surface area contributed by atoms with Crippen molar-refractivity contribution in [2.24, 2.45) is 0 Å². The van der Waals surface area contributed by atoms with Gasteiger partial charge < -0.3 is 14.5 Å². The second kappa shape index (κ2) is 6.38. The van der Waals surface area contributed by atoms with Crippen molar-refractivity contribution in [3.8, 4) is 11.3 Å². The van der Waals surface area contributed by atoms with Gasteiger partial charge in [0.1, 0.15) is 17.6 Å². The maximum absolute atomic E-state index is 11.6. The smallest absolute Gasteiger partial charge is 0.321 e. The maximum atomic E-state index is 11.6. The molecule has 6 nitrogen and oxygen atoms in total. The Balaban J connectivity index is 1.57. The molecule has 128 valence electrons. The SMILES string of the molecule is O=C(O)C1Cc2nc[nH]c2CN1Cc1ccc(-c2ccccc2Cl)o1. The van der Waals surface area contributed by atoms with Crippen molar-refractivity contribution in [3.05, 3.63) is 64.9 Å². The van der Waals surface area contributed by atoms with Gasteiger partial charge in [-0.3, -0.25) is 9.69 Å². The van der Waals surface area contributed by atoms with Crippen molar-refractivity contribution in [1.29, 1.82) is 0 Å². The lowest BCUT2D eigenvalue weighted by molar-refractivity contribution is -0.144. The van der Waals surface area contributed by atoms with Crippen molar-refractivity contribution < 1.29 is 14.3 Å². The number of imidazole rings is 1. The van der Waals surface area contributed by atoms with E-state index in [0.717, 1.165) is 17.0 Å². The largest absolute Gasteiger partial charge is 0.480 e. The number of fused-ring (bicyclic) bond motifs is 1. The molecule has 3 heterocycles. The molecule has 7 heteroatoms. The number of nitrogens with one attached hydrogen (secondary N) is 1. The van der Waals surface area contributed by atoms with E-state index in [2.05, 4.69) is 9.97 Å².